The Hall–Kier alpha value is -2.34. The molecular formula is C15H13NO2. The molecule has 1 aromatic carbocycles. The lowest BCUT2D eigenvalue weighted by atomic mass is 10.0. The highest BCUT2D eigenvalue weighted by molar-refractivity contribution is 6.01. The van der Waals surface area contributed by atoms with E-state index in [1.165, 1.54) is 0 Å². The molecule has 1 atom stereocenters. The zero-order valence-electron chi connectivity index (χ0n) is 9.93. The van der Waals surface area contributed by atoms with Gasteiger partial charge in [-0.3, -0.25) is 9.59 Å². The Morgan fingerprint density at radius 2 is 2.22 bits per heavy atom. The van der Waals surface area contributed by atoms with Crippen LogP contribution in [-0.2, 0) is 4.79 Å². The minimum atomic E-state index is -0.293. The van der Waals surface area contributed by atoms with Gasteiger partial charge in [0.2, 0.25) is 5.78 Å². The first-order chi connectivity index (χ1) is 8.69. The van der Waals surface area contributed by atoms with E-state index in [0.717, 1.165) is 5.56 Å². The monoisotopic (exact) mass is 239 g/mol. The first-order valence-corrected chi connectivity index (χ1v) is 5.69. The standard InChI is InChI=1S/C15H13NO2/c1-3-9-16-14(10-11(17)4-2)12-7-5-6-8-13(12)15(16)18/h2-3,5-8,14H,1,9-10H2. The average molecular weight is 239 g/mol. The van der Waals surface area contributed by atoms with Gasteiger partial charge in [-0.25, -0.2) is 0 Å². The maximum Gasteiger partial charge on any atom is 0.255 e. The van der Waals surface area contributed by atoms with E-state index in [1.54, 1.807) is 17.0 Å². The molecule has 1 amide bonds. The molecular weight excluding hydrogens is 226 g/mol. The summed E-state index contributed by atoms with van der Waals surface area (Å²) in [5, 5.41) is 0. The second kappa shape index (κ2) is 4.89. The van der Waals surface area contributed by atoms with Crippen molar-refractivity contribution in [3.05, 3.63) is 48.0 Å². The topological polar surface area (TPSA) is 37.4 Å². The number of carbonyl (C=O) groups excluding carboxylic acids is 2. The number of amides is 1. The Balaban J connectivity index is 2.40. The molecule has 3 heteroatoms. The van der Waals surface area contributed by atoms with E-state index < -0.39 is 0 Å². The highest BCUT2D eigenvalue weighted by atomic mass is 16.2. The fourth-order valence-corrected chi connectivity index (χ4v) is 2.25. The second-order valence-electron chi connectivity index (χ2n) is 4.12. The average Bonchev–Trinajstić information content (AvgIpc) is 2.65. The van der Waals surface area contributed by atoms with Crippen LogP contribution in [0.5, 0.6) is 0 Å². The summed E-state index contributed by atoms with van der Waals surface area (Å²) < 4.78 is 0. The van der Waals surface area contributed by atoms with E-state index in [1.807, 2.05) is 18.2 Å². The van der Waals surface area contributed by atoms with Gasteiger partial charge in [-0.15, -0.1) is 13.0 Å². The summed E-state index contributed by atoms with van der Waals surface area (Å²) >= 11 is 0. The molecule has 1 unspecified atom stereocenters. The van der Waals surface area contributed by atoms with Gasteiger partial charge < -0.3 is 4.90 Å². The fourth-order valence-electron chi connectivity index (χ4n) is 2.25. The fraction of sp³-hybridized carbons (Fsp3) is 0.200. The highest BCUT2D eigenvalue weighted by Gasteiger charge is 2.36. The van der Waals surface area contributed by atoms with Crippen LogP contribution in [0, 0.1) is 12.3 Å². The molecule has 90 valence electrons. The quantitative estimate of drug-likeness (QED) is 0.457. The lowest BCUT2D eigenvalue weighted by Crippen LogP contribution is -2.29. The maximum absolute atomic E-state index is 12.2. The minimum absolute atomic E-state index is 0.0691. The molecule has 18 heavy (non-hydrogen) atoms. The minimum Gasteiger partial charge on any atom is -0.327 e. The van der Waals surface area contributed by atoms with Gasteiger partial charge in [0, 0.05) is 18.5 Å². The van der Waals surface area contributed by atoms with Crippen molar-refractivity contribution in [3.63, 3.8) is 0 Å². The van der Waals surface area contributed by atoms with Crippen molar-refractivity contribution in [2.24, 2.45) is 0 Å². The second-order valence-corrected chi connectivity index (χ2v) is 4.12. The van der Waals surface area contributed by atoms with Gasteiger partial charge in [0.15, 0.2) is 0 Å². The summed E-state index contributed by atoms with van der Waals surface area (Å²) in [4.78, 5) is 25.2. The van der Waals surface area contributed by atoms with Gasteiger partial charge in [-0.2, -0.15) is 0 Å². The third-order valence-corrected chi connectivity index (χ3v) is 3.05. The molecule has 0 bridgehead atoms. The Labute approximate surface area is 106 Å². The van der Waals surface area contributed by atoms with Crippen LogP contribution in [0.15, 0.2) is 36.9 Å². The van der Waals surface area contributed by atoms with Gasteiger partial charge in [-0.1, -0.05) is 24.3 Å². The number of benzene rings is 1. The molecule has 1 aliphatic rings. The van der Waals surface area contributed by atoms with Crippen LogP contribution >= 0.6 is 0 Å². The van der Waals surface area contributed by atoms with E-state index in [2.05, 4.69) is 12.5 Å². The summed E-state index contributed by atoms with van der Waals surface area (Å²) in [6.45, 7) is 4.05. The number of Topliss-reactive ketones (excluding diaryl/α,β-unsaturated/α-hetero) is 1. The van der Waals surface area contributed by atoms with Crippen LogP contribution in [0.25, 0.3) is 0 Å². The molecule has 0 aromatic heterocycles. The number of nitrogens with zero attached hydrogens (tertiary/aromatic N) is 1. The lowest BCUT2D eigenvalue weighted by molar-refractivity contribution is -0.114. The maximum atomic E-state index is 12.2. The number of hydrogen-bond donors (Lipinski definition) is 0. The molecule has 3 nitrogen and oxygen atoms in total. The Morgan fingerprint density at radius 1 is 1.50 bits per heavy atom. The molecule has 1 heterocycles. The molecule has 1 aromatic rings. The van der Waals surface area contributed by atoms with Crippen molar-refractivity contribution in [1.82, 2.24) is 4.90 Å². The zero-order chi connectivity index (χ0) is 13.1. The number of fused-ring (bicyclic) bond motifs is 1. The molecule has 0 aliphatic carbocycles. The van der Waals surface area contributed by atoms with Crippen molar-refractivity contribution in [2.45, 2.75) is 12.5 Å². The third kappa shape index (κ3) is 1.93. The van der Waals surface area contributed by atoms with Crippen molar-refractivity contribution in [1.29, 1.82) is 0 Å². The van der Waals surface area contributed by atoms with Gasteiger partial charge in [0.1, 0.15) is 0 Å². The van der Waals surface area contributed by atoms with E-state index in [9.17, 15) is 9.59 Å². The summed E-state index contributed by atoms with van der Waals surface area (Å²) in [5.74, 6) is 1.74. The predicted molar refractivity (Wildman–Crippen MR) is 68.9 cm³/mol. The first kappa shape index (κ1) is 12.1. The molecule has 0 saturated heterocycles. The van der Waals surface area contributed by atoms with Crippen LogP contribution in [-0.4, -0.2) is 23.1 Å². The van der Waals surface area contributed by atoms with E-state index in [0.29, 0.717) is 12.1 Å². The molecule has 0 fully saturated rings. The van der Waals surface area contributed by atoms with Gasteiger partial charge >= 0.3 is 0 Å². The number of carbonyl (C=O) groups is 2. The van der Waals surface area contributed by atoms with Crippen molar-refractivity contribution < 1.29 is 9.59 Å². The molecule has 0 spiro atoms. The van der Waals surface area contributed by atoms with Crippen LogP contribution in [0.3, 0.4) is 0 Å². The van der Waals surface area contributed by atoms with Crippen LogP contribution in [0.4, 0.5) is 0 Å². The largest absolute Gasteiger partial charge is 0.327 e. The van der Waals surface area contributed by atoms with E-state index in [4.69, 9.17) is 6.42 Å². The zero-order valence-corrected chi connectivity index (χ0v) is 9.93. The van der Waals surface area contributed by atoms with Gasteiger partial charge in [-0.05, 0) is 17.6 Å². The van der Waals surface area contributed by atoms with Crippen LogP contribution in [0.1, 0.15) is 28.4 Å². The molecule has 0 radical (unpaired) electrons. The Kier molecular flexibility index (Phi) is 3.29. The third-order valence-electron chi connectivity index (χ3n) is 3.05. The van der Waals surface area contributed by atoms with Crippen molar-refractivity contribution in [3.8, 4) is 12.3 Å². The van der Waals surface area contributed by atoms with E-state index >= 15 is 0 Å². The SMILES string of the molecule is C#CC(=O)CC1c2ccccc2C(=O)N1CC=C. The van der Waals surface area contributed by atoms with Crippen molar-refractivity contribution >= 4 is 11.7 Å². The number of hydrogen-bond acceptors (Lipinski definition) is 2. The van der Waals surface area contributed by atoms with Crippen LogP contribution in [0.2, 0.25) is 0 Å². The molecule has 2 rings (SSSR count). The van der Waals surface area contributed by atoms with Crippen LogP contribution < -0.4 is 0 Å². The number of ketones is 1. The van der Waals surface area contributed by atoms with E-state index in [-0.39, 0.29) is 24.2 Å². The van der Waals surface area contributed by atoms with Gasteiger partial charge in [0.05, 0.1) is 6.04 Å². The Morgan fingerprint density at radius 3 is 2.89 bits per heavy atom. The summed E-state index contributed by atoms with van der Waals surface area (Å²) in [6.07, 6.45) is 6.91. The normalized spacial score (nSPS) is 17.2. The smallest absolute Gasteiger partial charge is 0.255 e. The number of terminal acetylenes is 1. The summed E-state index contributed by atoms with van der Waals surface area (Å²) in [7, 11) is 0. The predicted octanol–water partition coefficient (Wildman–Crippen LogP) is 1.96. The van der Waals surface area contributed by atoms with Crippen molar-refractivity contribution in [2.75, 3.05) is 6.54 Å². The van der Waals surface area contributed by atoms with Gasteiger partial charge in [0.25, 0.3) is 5.91 Å². The Bertz CT molecular complexity index is 554. The molecule has 0 N–H and O–H groups in total. The summed E-state index contributed by atoms with van der Waals surface area (Å²) in [5.41, 5.74) is 1.52. The first-order valence-electron chi connectivity index (χ1n) is 5.69. The highest BCUT2D eigenvalue weighted by Crippen LogP contribution is 2.35. The summed E-state index contributed by atoms with van der Waals surface area (Å²) in [6, 6.07) is 7.04. The lowest BCUT2D eigenvalue weighted by Gasteiger charge is -2.22. The molecule has 1 aliphatic heterocycles. The molecule has 0 saturated carbocycles. The number of rotatable bonds is 4.